The molecule has 1 aromatic carbocycles. The first-order valence-corrected chi connectivity index (χ1v) is 5.93. The fourth-order valence-corrected chi connectivity index (χ4v) is 1.66. The number of hydrogen-bond acceptors (Lipinski definition) is 2. The van der Waals surface area contributed by atoms with E-state index < -0.39 is 11.6 Å². The quantitative estimate of drug-likeness (QED) is 0.636. The van der Waals surface area contributed by atoms with Gasteiger partial charge in [0.1, 0.15) is 0 Å². The Balaban J connectivity index is 2.51. The normalized spacial score (nSPS) is 12.0. The van der Waals surface area contributed by atoms with Crippen molar-refractivity contribution in [2.45, 2.75) is 13.0 Å². The van der Waals surface area contributed by atoms with Gasteiger partial charge in [-0.3, -0.25) is 0 Å². The van der Waals surface area contributed by atoms with Gasteiger partial charge in [-0.2, -0.15) is 0 Å². The van der Waals surface area contributed by atoms with E-state index in [1.807, 2.05) is 6.92 Å². The van der Waals surface area contributed by atoms with Gasteiger partial charge in [0.2, 0.25) is 0 Å². The average Bonchev–Trinajstić information content (AvgIpc) is 2.33. The topological polar surface area (TPSA) is 33.3 Å². The fourth-order valence-electron chi connectivity index (χ4n) is 1.38. The molecule has 100 valence electrons. The van der Waals surface area contributed by atoms with Crippen LogP contribution in [0, 0.1) is 11.6 Å². The van der Waals surface area contributed by atoms with Crippen LogP contribution >= 0.6 is 12.2 Å². The fraction of sp³-hybridized carbons (Fsp3) is 0.417. The lowest BCUT2D eigenvalue weighted by Crippen LogP contribution is -2.38. The van der Waals surface area contributed by atoms with Crippen molar-refractivity contribution in [2.24, 2.45) is 0 Å². The van der Waals surface area contributed by atoms with E-state index >= 15 is 0 Å². The highest BCUT2D eigenvalue weighted by Gasteiger charge is 2.09. The number of ether oxygens (including phenoxy) is 1. The summed E-state index contributed by atoms with van der Waals surface area (Å²) in [6.45, 7) is 2.95. The summed E-state index contributed by atoms with van der Waals surface area (Å²) in [5, 5.41) is 6.36. The predicted octanol–water partition coefficient (Wildman–Crippen LogP) is 2.14. The maximum absolute atomic E-state index is 13.1. The molecule has 2 N–H and O–H groups in total. The number of thiocarbonyl (C=S) groups is 1. The van der Waals surface area contributed by atoms with E-state index in [-0.39, 0.29) is 6.04 Å². The second-order valence-corrected chi connectivity index (χ2v) is 4.20. The van der Waals surface area contributed by atoms with Crippen LogP contribution < -0.4 is 10.6 Å². The van der Waals surface area contributed by atoms with Crippen LogP contribution in [0.4, 0.5) is 8.78 Å². The minimum absolute atomic E-state index is 0.206. The van der Waals surface area contributed by atoms with Gasteiger partial charge in [0.05, 0.1) is 12.6 Å². The Hall–Kier alpha value is -1.27. The molecule has 18 heavy (non-hydrogen) atoms. The van der Waals surface area contributed by atoms with Crippen LogP contribution in [-0.4, -0.2) is 25.4 Å². The first-order valence-electron chi connectivity index (χ1n) is 5.53. The molecule has 0 unspecified atom stereocenters. The molecule has 0 heterocycles. The van der Waals surface area contributed by atoms with Crippen LogP contribution in [0.1, 0.15) is 18.5 Å². The van der Waals surface area contributed by atoms with Gasteiger partial charge in [0.15, 0.2) is 16.7 Å². The number of halogens is 2. The standard InChI is InChI=1S/C12H16F2N2OS/c1-8(16-12(18)15-5-6-17-2)9-3-4-10(13)11(14)7-9/h3-4,7-8H,5-6H2,1-2H3,(H2,15,16,18)/t8-/m0/s1. The van der Waals surface area contributed by atoms with Gasteiger partial charge in [-0.05, 0) is 36.8 Å². The summed E-state index contributed by atoms with van der Waals surface area (Å²) >= 11 is 5.06. The lowest BCUT2D eigenvalue weighted by atomic mass is 10.1. The van der Waals surface area contributed by atoms with Crippen molar-refractivity contribution in [1.82, 2.24) is 10.6 Å². The minimum Gasteiger partial charge on any atom is -0.383 e. The molecule has 0 saturated heterocycles. The first kappa shape index (κ1) is 14.8. The van der Waals surface area contributed by atoms with Crippen molar-refractivity contribution in [3.05, 3.63) is 35.4 Å². The third-order valence-electron chi connectivity index (χ3n) is 2.38. The minimum atomic E-state index is -0.862. The third-order valence-corrected chi connectivity index (χ3v) is 2.65. The molecule has 0 aliphatic heterocycles. The molecule has 1 atom stereocenters. The molecule has 1 aromatic rings. The van der Waals surface area contributed by atoms with E-state index in [1.54, 1.807) is 7.11 Å². The van der Waals surface area contributed by atoms with E-state index in [9.17, 15) is 8.78 Å². The van der Waals surface area contributed by atoms with Crippen molar-refractivity contribution in [3.8, 4) is 0 Å². The van der Waals surface area contributed by atoms with E-state index in [2.05, 4.69) is 10.6 Å². The molecule has 0 amide bonds. The largest absolute Gasteiger partial charge is 0.383 e. The Morgan fingerprint density at radius 3 is 2.72 bits per heavy atom. The van der Waals surface area contributed by atoms with Crippen molar-refractivity contribution in [2.75, 3.05) is 20.3 Å². The average molecular weight is 274 g/mol. The monoisotopic (exact) mass is 274 g/mol. The molecular formula is C12H16F2N2OS. The van der Waals surface area contributed by atoms with Gasteiger partial charge in [-0.1, -0.05) is 6.07 Å². The maximum atomic E-state index is 13.1. The molecule has 0 bridgehead atoms. The highest BCUT2D eigenvalue weighted by molar-refractivity contribution is 7.80. The van der Waals surface area contributed by atoms with Gasteiger partial charge in [0.25, 0.3) is 0 Å². The van der Waals surface area contributed by atoms with E-state index in [1.165, 1.54) is 6.07 Å². The zero-order valence-corrected chi connectivity index (χ0v) is 11.1. The number of benzene rings is 1. The molecule has 0 fully saturated rings. The summed E-state index contributed by atoms with van der Waals surface area (Å²) in [6.07, 6.45) is 0. The summed E-state index contributed by atoms with van der Waals surface area (Å²) in [5.41, 5.74) is 0.629. The van der Waals surface area contributed by atoms with Crippen LogP contribution in [0.3, 0.4) is 0 Å². The summed E-state index contributed by atoms with van der Waals surface area (Å²) in [7, 11) is 1.60. The van der Waals surface area contributed by atoms with Crippen molar-refractivity contribution in [1.29, 1.82) is 0 Å². The molecule has 0 aliphatic carbocycles. The van der Waals surface area contributed by atoms with Gasteiger partial charge in [-0.25, -0.2) is 8.78 Å². The van der Waals surface area contributed by atoms with Crippen molar-refractivity contribution in [3.63, 3.8) is 0 Å². The Labute approximate surface area is 111 Å². The smallest absolute Gasteiger partial charge is 0.166 e. The number of methoxy groups -OCH3 is 1. The molecule has 0 aliphatic rings. The molecule has 6 heteroatoms. The number of nitrogens with one attached hydrogen (secondary N) is 2. The van der Waals surface area contributed by atoms with E-state index in [0.29, 0.717) is 23.8 Å². The highest BCUT2D eigenvalue weighted by Crippen LogP contribution is 2.15. The molecule has 3 nitrogen and oxygen atoms in total. The predicted molar refractivity (Wildman–Crippen MR) is 70.4 cm³/mol. The summed E-state index contributed by atoms with van der Waals surface area (Å²) in [5.74, 6) is -1.72. The van der Waals surface area contributed by atoms with Crippen LogP contribution in [0.5, 0.6) is 0 Å². The zero-order chi connectivity index (χ0) is 13.5. The highest BCUT2D eigenvalue weighted by atomic mass is 32.1. The first-order chi connectivity index (χ1) is 8.54. The van der Waals surface area contributed by atoms with Crippen molar-refractivity contribution < 1.29 is 13.5 Å². The van der Waals surface area contributed by atoms with E-state index in [4.69, 9.17) is 17.0 Å². The van der Waals surface area contributed by atoms with Gasteiger partial charge >= 0.3 is 0 Å². The number of hydrogen-bond donors (Lipinski definition) is 2. The van der Waals surface area contributed by atoms with Gasteiger partial charge in [-0.15, -0.1) is 0 Å². The number of rotatable bonds is 5. The molecule has 0 spiro atoms. The molecular weight excluding hydrogens is 258 g/mol. The Morgan fingerprint density at radius 2 is 2.11 bits per heavy atom. The Morgan fingerprint density at radius 1 is 1.39 bits per heavy atom. The third kappa shape index (κ3) is 4.54. The lowest BCUT2D eigenvalue weighted by Gasteiger charge is -2.17. The van der Waals surface area contributed by atoms with Crippen LogP contribution in [-0.2, 0) is 4.74 Å². The Bertz CT molecular complexity index is 415. The van der Waals surface area contributed by atoms with Crippen molar-refractivity contribution >= 4 is 17.3 Å². The van der Waals surface area contributed by atoms with E-state index in [0.717, 1.165) is 12.1 Å². The SMILES string of the molecule is COCCNC(=S)N[C@@H](C)c1ccc(F)c(F)c1. The summed E-state index contributed by atoms with van der Waals surface area (Å²) in [4.78, 5) is 0. The van der Waals surface area contributed by atoms with Crippen LogP contribution in [0.15, 0.2) is 18.2 Å². The Kier molecular flexibility index (Phi) is 5.94. The maximum Gasteiger partial charge on any atom is 0.166 e. The summed E-state index contributed by atoms with van der Waals surface area (Å²) in [6, 6.07) is 3.57. The van der Waals surface area contributed by atoms with Crippen LogP contribution in [0.25, 0.3) is 0 Å². The zero-order valence-electron chi connectivity index (χ0n) is 10.3. The second-order valence-electron chi connectivity index (χ2n) is 3.79. The van der Waals surface area contributed by atoms with Crippen LogP contribution in [0.2, 0.25) is 0 Å². The molecule has 0 saturated carbocycles. The second kappa shape index (κ2) is 7.23. The lowest BCUT2D eigenvalue weighted by molar-refractivity contribution is 0.204. The van der Waals surface area contributed by atoms with Gasteiger partial charge < -0.3 is 15.4 Å². The molecule has 0 aromatic heterocycles. The molecule has 1 rings (SSSR count). The van der Waals surface area contributed by atoms with Gasteiger partial charge in [0, 0.05) is 13.7 Å². The summed E-state index contributed by atoms with van der Waals surface area (Å²) < 4.78 is 30.7. The molecule has 0 radical (unpaired) electrons.